The summed E-state index contributed by atoms with van der Waals surface area (Å²) >= 11 is 0. The van der Waals surface area contributed by atoms with Crippen LogP contribution in [-0.4, -0.2) is 30.3 Å². The van der Waals surface area contributed by atoms with Gasteiger partial charge in [0.05, 0.1) is 6.61 Å². The van der Waals surface area contributed by atoms with Crippen LogP contribution in [0.15, 0.2) is 36.4 Å². The number of nitrogens with one attached hydrogen (secondary N) is 1. The van der Waals surface area contributed by atoms with Crippen molar-refractivity contribution in [3.63, 3.8) is 0 Å². The molecule has 0 unspecified atom stereocenters. The molecule has 0 saturated heterocycles. The van der Waals surface area contributed by atoms with Gasteiger partial charge in [-0.15, -0.1) is 0 Å². The first kappa shape index (κ1) is 16.2. The van der Waals surface area contributed by atoms with Gasteiger partial charge in [0.1, 0.15) is 11.5 Å². The van der Waals surface area contributed by atoms with E-state index in [1.807, 2.05) is 37.4 Å². The molecule has 1 heterocycles. The maximum Gasteiger partial charge on any atom is 0.347 e. The summed E-state index contributed by atoms with van der Waals surface area (Å²) in [6.07, 6.45) is 0.844. The van der Waals surface area contributed by atoms with E-state index < -0.39 is 11.6 Å². The molecule has 0 bridgehead atoms. The van der Waals surface area contributed by atoms with Crippen molar-refractivity contribution in [3.05, 3.63) is 42.0 Å². The Balaban J connectivity index is 2.11. The van der Waals surface area contributed by atoms with E-state index in [-0.39, 0.29) is 0 Å². The first-order valence-electron chi connectivity index (χ1n) is 7.91. The van der Waals surface area contributed by atoms with Crippen molar-refractivity contribution < 1.29 is 19.4 Å². The lowest BCUT2D eigenvalue weighted by Crippen LogP contribution is -2.38. The molecule has 0 radical (unpaired) electrons. The normalized spacial score (nSPS) is 13.1. The zero-order valence-electron chi connectivity index (χ0n) is 14.1. The molecule has 5 nitrogen and oxygen atoms in total. The van der Waals surface area contributed by atoms with Gasteiger partial charge in [0, 0.05) is 30.8 Å². The predicted molar refractivity (Wildman–Crippen MR) is 93.0 cm³/mol. The average molecular weight is 327 g/mol. The summed E-state index contributed by atoms with van der Waals surface area (Å²) in [6, 6.07) is 11.8. The number of carboxylic acid groups (broad SMARTS) is 1. The van der Waals surface area contributed by atoms with Gasteiger partial charge in [-0.2, -0.15) is 0 Å². The fourth-order valence-electron chi connectivity index (χ4n) is 2.68. The number of aliphatic carboxylic acids is 1. The molecule has 2 aromatic rings. The van der Waals surface area contributed by atoms with Gasteiger partial charge in [-0.25, -0.2) is 4.79 Å². The first-order chi connectivity index (χ1) is 11.4. The van der Waals surface area contributed by atoms with Gasteiger partial charge in [0.2, 0.25) is 0 Å². The Kier molecular flexibility index (Phi) is 4.09. The van der Waals surface area contributed by atoms with E-state index in [4.69, 9.17) is 9.47 Å². The molecule has 0 aliphatic carbocycles. The Hall–Kier alpha value is -2.69. The number of benzene rings is 2. The smallest absolute Gasteiger partial charge is 0.347 e. The highest BCUT2D eigenvalue weighted by atomic mass is 16.5. The highest BCUT2D eigenvalue weighted by Gasteiger charge is 2.31. The average Bonchev–Trinajstić information content (AvgIpc) is 3.01. The minimum absolute atomic E-state index is 0.510. The van der Waals surface area contributed by atoms with Gasteiger partial charge in [0.15, 0.2) is 5.60 Å². The third kappa shape index (κ3) is 3.02. The van der Waals surface area contributed by atoms with Crippen LogP contribution < -0.4 is 14.8 Å². The molecule has 0 spiro atoms. The SMILES string of the molecule is CNc1cccc(-c2cc3c(cc2OC(C)(C)C(=O)O)OCC3)c1. The Bertz CT molecular complexity index is 783. The number of hydrogen-bond donors (Lipinski definition) is 2. The summed E-state index contributed by atoms with van der Waals surface area (Å²) in [5.41, 5.74) is 2.59. The van der Waals surface area contributed by atoms with E-state index in [9.17, 15) is 9.90 Å². The topological polar surface area (TPSA) is 67.8 Å². The van der Waals surface area contributed by atoms with E-state index in [0.717, 1.165) is 34.5 Å². The molecule has 0 amide bonds. The van der Waals surface area contributed by atoms with E-state index in [1.165, 1.54) is 13.8 Å². The molecular weight excluding hydrogens is 306 g/mol. The van der Waals surface area contributed by atoms with Crippen molar-refractivity contribution in [1.29, 1.82) is 0 Å². The lowest BCUT2D eigenvalue weighted by Gasteiger charge is -2.24. The Morgan fingerprint density at radius 2 is 2.08 bits per heavy atom. The number of hydrogen-bond acceptors (Lipinski definition) is 4. The van der Waals surface area contributed by atoms with Gasteiger partial charge in [-0.3, -0.25) is 0 Å². The molecule has 0 aromatic heterocycles. The zero-order chi connectivity index (χ0) is 17.3. The molecule has 1 aliphatic rings. The summed E-state index contributed by atoms with van der Waals surface area (Å²) in [4.78, 5) is 11.4. The molecule has 2 N–H and O–H groups in total. The molecule has 0 atom stereocenters. The van der Waals surface area contributed by atoms with Crippen LogP contribution in [0.2, 0.25) is 0 Å². The Labute approximate surface area is 141 Å². The maximum atomic E-state index is 11.4. The van der Waals surface area contributed by atoms with Crippen LogP contribution in [-0.2, 0) is 11.2 Å². The fraction of sp³-hybridized carbons (Fsp3) is 0.316. The molecule has 3 rings (SSSR count). The summed E-state index contributed by atoms with van der Waals surface area (Å²) in [7, 11) is 1.86. The van der Waals surface area contributed by atoms with Gasteiger partial charge in [0.25, 0.3) is 0 Å². The molecule has 2 aromatic carbocycles. The van der Waals surface area contributed by atoms with E-state index in [2.05, 4.69) is 5.32 Å². The lowest BCUT2D eigenvalue weighted by molar-refractivity contribution is -0.152. The summed E-state index contributed by atoms with van der Waals surface area (Å²) < 4.78 is 11.5. The Morgan fingerprint density at radius 3 is 2.79 bits per heavy atom. The molecule has 5 heteroatoms. The van der Waals surface area contributed by atoms with Crippen LogP contribution in [0.4, 0.5) is 5.69 Å². The first-order valence-corrected chi connectivity index (χ1v) is 7.91. The summed E-state index contributed by atoms with van der Waals surface area (Å²) in [6.45, 7) is 3.71. The van der Waals surface area contributed by atoms with Crippen LogP contribution in [0.25, 0.3) is 11.1 Å². The minimum Gasteiger partial charge on any atom is -0.493 e. The second-order valence-electron chi connectivity index (χ2n) is 6.30. The molecule has 0 saturated carbocycles. The van der Waals surface area contributed by atoms with Gasteiger partial charge in [-0.05, 0) is 43.2 Å². The number of ether oxygens (including phenoxy) is 2. The number of carbonyl (C=O) groups is 1. The monoisotopic (exact) mass is 327 g/mol. The Morgan fingerprint density at radius 1 is 1.29 bits per heavy atom. The van der Waals surface area contributed by atoms with Crippen molar-refractivity contribution in [2.24, 2.45) is 0 Å². The molecule has 0 fully saturated rings. The lowest BCUT2D eigenvalue weighted by atomic mass is 9.99. The molecule has 126 valence electrons. The quantitative estimate of drug-likeness (QED) is 0.879. The molecule has 1 aliphatic heterocycles. The number of fused-ring (bicyclic) bond motifs is 1. The van der Waals surface area contributed by atoms with Crippen molar-refractivity contribution in [3.8, 4) is 22.6 Å². The van der Waals surface area contributed by atoms with Crippen molar-refractivity contribution in [1.82, 2.24) is 0 Å². The van der Waals surface area contributed by atoms with Crippen LogP contribution in [0, 0.1) is 0 Å². The number of anilines is 1. The van der Waals surface area contributed by atoms with Crippen molar-refractivity contribution >= 4 is 11.7 Å². The number of carboxylic acids is 1. The third-order valence-electron chi connectivity index (χ3n) is 4.13. The van der Waals surface area contributed by atoms with Crippen LogP contribution in [0.5, 0.6) is 11.5 Å². The van der Waals surface area contributed by atoms with Gasteiger partial charge < -0.3 is 19.9 Å². The summed E-state index contributed by atoms with van der Waals surface area (Å²) in [5.74, 6) is 0.259. The van der Waals surface area contributed by atoms with Crippen LogP contribution in [0.3, 0.4) is 0 Å². The van der Waals surface area contributed by atoms with Crippen molar-refractivity contribution in [2.45, 2.75) is 25.9 Å². The second kappa shape index (κ2) is 6.07. The minimum atomic E-state index is -1.33. The maximum absolute atomic E-state index is 11.4. The highest BCUT2D eigenvalue weighted by Crippen LogP contribution is 2.40. The summed E-state index contributed by atoms with van der Waals surface area (Å²) in [5, 5.41) is 12.5. The van der Waals surface area contributed by atoms with Gasteiger partial charge >= 0.3 is 5.97 Å². The third-order valence-corrected chi connectivity index (χ3v) is 4.13. The van der Waals surface area contributed by atoms with Gasteiger partial charge in [-0.1, -0.05) is 12.1 Å². The largest absolute Gasteiger partial charge is 0.493 e. The van der Waals surface area contributed by atoms with Crippen LogP contribution >= 0.6 is 0 Å². The van der Waals surface area contributed by atoms with Crippen LogP contribution in [0.1, 0.15) is 19.4 Å². The molecule has 24 heavy (non-hydrogen) atoms. The second-order valence-corrected chi connectivity index (χ2v) is 6.30. The standard InChI is InChI=1S/C19H21NO4/c1-19(2,18(21)22)24-17-11-16-13(7-8-23-16)10-15(17)12-5-4-6-14(9-12)20-3/h4-6,9-11,20H,7-8H2,1-3H3,(H,21,22). The fourth-order valence-corrected chi connectivity index (χ4v) is 2.68. The molecular formula is C19H21NO4. The zero-order valence-corrected chi connectivity index (χ0v) is 14.1. The van der Waals surface area contributed by atoms with E-state index in [1.54, 1.807) is 6.07 Å². The van der Waals surface area contributed by atoms with Crippen molar-refractivity contribution in [2.75, 3.05) is 19.0 Å². The predicted octanol–water partition coefficient (Wildman–Crippen LogP) is 3.57. The van der Waals surface area contributed by atoms with E-state index in [0.29, 0.717) is 12.4 Å². The highest BCUT2D eigenvalue weighted by molar-refractivity contribution is 5.79. The number of rotatable bonds is 5. The van der Waals surface area contributed by atoms with E-state index >= 15 is 0 Å².